The highest BCUT2D eigenvalue weighted by Crippen LogP contribution is 2.21. The van der Waals surface area contributed by atoms with Crippen molar-refractivity contribution in [3.8, 4) is 5.75 Å². The van der Waals surface area contributed by atoms with E-state index in [1.54, 1.807) is 24.3 Å². The summed E-state index contributed by atoms with van der Waals surface area (Å²) in [7, 11) is -3.65. The van der Waals surface area contributed by atoms with Gasteiger partial charge in [0.1, 0.15) is 18.1 Å². The molecule has 0 bridgehead atoms. The summed E-state index contributed by atoms with van der Waals surface area (Å²) in [6, 6.07) is 18.6. The third-order valence-electron chi connectivity index (χ3n) is 4.71. The van der Waals surface area contributed by atoms with E-state index in [0.717, 1.165) is 0 Å². The van der Waals surface area contributed by atoms with E-state index in [4.69, 9.17) is 13.9 Å². The molecule has 2 aromatic carbocycles. The Hall–Kier alpha value is -3.14. The normalized spacial score (nSPS) is 14.8. The molecule has 1 amide bonds. The Morgan fingerprint density at radius 1 is 1.00 bits per heavy atom. The van der Waals surface area contributed by atoms with Crippen LogP contribution in [0.5, 0.6) is 5.75 Å². The van der Waals surface area contributed by atoms with Crippen molar-refractivity contribution in [1.29, 1.82) is 0 Å². The van der Waals surface area contributed by atoms with Crippen LogP contribution in [0.25, 0.3) is 0 Å². The number of rotatable bonds is 7. The lowest BCUT2D eigenvalue weighted by molar-refractivity contribution is 0.0730. The molecule has 31 heavy (non-hydrogen) atoms. The molecule has 1 saturated heterocycles. The first-order chi connectivity index (χ1) is 15.0. The third kappa shape index (κ3) is 5.13. The van der Waals surface area contributed by atoms with E-state index in [9.17, 15) is 13.2 Å². The quantitative estimate of drug-likeness (QED) is 0.604. The smallest absolute Gasteiger partial charge is 0.291 e. The molecule has 0 spiro atoms. The van der Waals surface area contributed by atoms with Crippen LogP contribution in [-0.4, -0.2) is 44.9 Å². The number of hydrogen-bond donors (Lipinski definition) is 1. The molecule has 2 heterocycles. The molecule has 3 aromatic rings. The fourth-order valence-electron chi connectivity index (χ4n) is 3.11. The average Bonchev–Trinajstić information content (AvgIpc) is 3.28. The lowest BCUT2D eigenvalue weighted by Gasteiger charge is -2.26. The molecule has 1 aliphatic rings. The monoisotopic (exact) mass is 442 g/mol. The second-order valence-electron chi connectivity index (χ2n) is 6.87. The number of sulfonamides is 1. The number of morpholine rings is 1. The molecule has 1 fully saturated rings. The molecule has 0 saturated carbocycles. The van der Waals surface area contributed by atoms with Crippen molar-refractivity contribution < 1.29 is 27.1 Å². The number of nitrogens with one attached hydrogen (secondary N) is 1. The van der Waals surface area contributed by atoms with Crippen LogP contribution >= 0.6 is 0 Å². The first-order valence-electron chi connectivity index (χ1n) is 9.78. The number of amides is 1. The number of nitrogens with zero attached hydrogens (tertiary/aromatic N) is 1. The van der Waals surface area contributed by atoms with E-state index in [1.165, 1.54) is 16.4 Å². The molecule has 1 N–H and O–H groups in total. The van der Waals surface area contributed by atoms with Gasteiger partial charge < -0.3 is 19.2 Å². The summed E-state index contributed by atoms with van der Waals surface area (Å²) in [5.41, 5.74) is 0.359. The molecule has 1 aliphatic heterocycles. The number of furan rings is 1. The van der Waals surface area contributed by atoms with Crippen LogP contribution in [0.2, 0.25) is 0 Å². The van der Waals surface area contributed by atoms with Crippen LogP contribution < -0.4 is 10.1 Å². The first kappa shape index (κ1) is 21.1. The maximum absolute atomic E-state index is 12.8. The SMILES string of the molecule is O=C(Nc1cccc(S(=O)(=O)N2CCOCC2)c1)c1ccc(COc2ccccc2)o1. The molecule has 9 heteroatoms. The van der Waals surface area contributed by atoms with Gasteiger partial charge in [-0.05, 0) is 42.5 Å². The van der Waals surface area contributed by atoms with Gasteiger partial charge in [-0.1, -0.05) is 24.3 Å². The lowest BCUT2D eigenvalue weighted by atomic mass is 10.3. The number of carbonyl (C=O) groups is 1. The van der Waals surface area contributed by atoms with E-state index in [1.807, 2.05) is 30.3 Å². The lowest BCUT2D eigenvalue weighted by Crippen LogP contribution is -2.40. The Morgan fingerprint density at radius 3 is 2.55 bits per heavy atom. The Balaban J connectivity index is 1.41. The standard InChI is InChI=1S/C22H22N2O6S/c25-22(21-10-9-19(30-21)16-29-18-6-2-1-3-7-18)23-17-5-4-8-20(15-17)31(26,27)24-11-13-28-14-12-24/h1-10,15H,11-14,16H2,(H,23,25). The van der Waals surface area contributed by atoms with Gasteiger partial charge in [0.05, 0.1) is 18.1 Å². The van der Waals surface area contributed by atoms with Gasteiger partial charge in [0.25, 0.3) is 5.91 Å². The van der Waals surface area contributed by atoms with Crippen LogP contribution in [0.3, 0.4) is 0 Å². The van der Waals surface area contributed by atoms with Crippen LogP contribution in [0, 0.1) is 0 Å². The Kier molecular flexibility index (Phi) is 6.36. The van der Waals surface area contributed by atoms with E-state index < -0.39 is 15.9 Å². The predicted molar refractivity (Wildman–Crippen MR) is 113 cm³/mol. The summed E-state index contributed by atoms with van der Waals surface area (Å²) in [6.45, 7) is 1.53. The number of carbonyl (C=O) groups excluding carboxylic acids is 1. The van der Waals surface area contributed by atoms with Crippen molar-refractivity contribution in [1.82, 2.24) is 4.31 Å². The van der Waals surface area contributed by atoms with E-state index >= 15 is 0 Å². The molecule has 1 aromatic heterocycles. The fraction of sp³-hybridized carbons (Fsp3) is 0.227. The average molecular weight is 442 g/mol. The summed E-state index contributed by atoms with van der Waals surface area (Å²) in [4.78, 5) is 12.7. The summed E-state index contributed by atoms with van der Waals surface area (Å²) in [5, 5.41) is 2.68. The molecule has 8 nitrogen and oxygen atoms in total. The van der Waals surface area contributed by atoms with Crippen molar-refractivity contribution in [2.24, 2.45) is 0 Å². The zero-order valence-corrected chi connectivity index (χ0v) is 17.5. The van der Waals surface area contributed by atoms with Crippen molar-refractivity contribution in [3.63, 3.8) is 0 Å². The Bertz CT molecular complexity index is 1140. The highest BCUT2D eigenvalue weighted by atomic mass is 32.2. The second-order valence-corrected chi connectivity index (χ2v) is 8.80. The number of hydrogen-bond acceptors (Lipinski definition) is 6. The maximum atomic E-state index is 12.8. The third-order valence-corrected chi connectivity index (χ3v) is 6.60. The van der Waals surface area contributed by atoms with Gasteiger partial charge in [-0.25, -0.2) is 8.42 Å². The topological polar surface area (TPSA) is 98.1 Å². The number of benzene rings is 2. The van der Waals surface area contributed by atoms with Crippen LogP contribution in [0.1, 0.15) is 16.3 Å². The maximum Gasteiger partial charge on any atom is 0.291 e. The Labute approximate surface area is 180 Å². The van der Waals surface area contributed by atoms with E-state index in [2.05, 4.69) is 5.32 Å². The zero-order chi connectivity index (χ0) is 21.7. The summed E-state index contributed by atoms with van der Waals surface area (Å²) in [6.07, 6.45) is 0. The minimum absolute atomic E-state index is 0.105. The molecular formula is C22H22N2O6S. The van der Waals surface area contributed by atoms with Gasteiger partial charge in [-0.2, -0.15) is 4.31 Å². The number of ether oxygens (including phenoxy) is 2. The molecular weight excluding hydrogens is 420 g/mol. The number of para-hydroxylation sites is 1. The van der Waals surface area contributed by atoms with E-state index in [0.29, 0.717) is 43.5 Å². The molecule has 4 rings (SSSR count). The minimum Gasteiger partial charge on any atom is -0.486 e. The number of anilines is 1. The first-order valence-corrected chi connectivity index (χ1v) is 11.2. The second kappa shape index (κ2) is 9.34. The fourth-order valence-corrected chi connectivity index (χ4v) is 4.57. The zero-order valence-electron chi connectivity index (χ0n) is 16.7. The molecule has 0 aliphatic carbocycles. The van der Waals surface area contributed by atoms with Gasteiger partial charge >= 0.3 is 0 Å². The van der Waals surface area contributed by atoms with Crippen molar-refractivity contribution in [2.45, 2.75) is 11.5 Å². The van der Waals surface area contributed by atoms with Crippen LogP contribution in [-0.2, 0) is 21.4 Å². The molecule has 0 atom stereocenters. The highest BCUT2D eigenvalue weighted by molar-refractivity contribution is 7.89. The van der Waals surface area contributed by atoms with Crippen molar-refractivity contribution in [2.75, 3.05) is 31.6 Å². The molecule has 0 unspecified atom stereocenters. The summed E-state index contributed by atoms with van der Waals surface area (Å²) < 4.78 is 43.4. The molecule has 0 radical (unpaired) electrons. The van der Waals surface area contributed by atoms with Gasteiger partial charge in [0.15, 0.2) is 5.76 Å². The molecule has 162 valence electrons. The highest BCUT2D eigenvalue weighted by Gasteiger charge is 2.26. The van der Waals surface area contributed by atoms with E-state index in [-0.39, 0.29) is 17.3 Å². The summed E-state index contributed by atoms with van der Waals surface area (Å²) >= 11 is 0. The van der Waals surface area contributed by atoms with Crippen LogP contribution in [0.15, 0.2) is 76.0 Å². The van der Waals surface area contributed by atoms with Crippen molar-refractivity contribution >= 4 is 21.6 Å². The van der Waals surface area contributed by atoms with Gasteiger partial charge in [0, 0.05) is 18.8 Å². The van der Waals surface area contributed by atoms with Crippen LogP contribution in [0.4, 0.5) is 5.69 Å². The Morgan fingerprint density at radius 2 is 1.77 bits per heavy atom. The van der Waals surface area contributed by atoms with Gasteiger partial charge in [-0.3, -0.25) is 4.79 Å². The van der Waals surface area contributed by atoms with Crippen molar-refractivity contribution in [3.05, 3.63) is 78.3 Å². The predicted octanol–water partition coefficient (Wildman–Crippen LogP) is 3.13. The largest absolute Gasteiger partial charge is 0.486 e. The van der Waals surface area contributed by atoms with Gasteiger partial charge in [-0.15, -0.1) is 0 Å². The summed E-state index contributed by atoms with van der Waals surface area (Å²) in [5.74, 6) is 0.820. The van der Waals surface area contributed by atoms with Gasteiger partial charge in [0.2, 0.25) is 10.0 Å². The minimum atomic E-state index is -3.65.